The van der Waals surface area contributed by atoms with Crippen molar-refractivity contribution < 1.29 is 32.8 Å². The molecule has 9 heteroatoms. The maximum Gasteiger partial charge on any atom is 0.569 e. The van der Waals surface area contributed by atoms with Gasteiger partial charge in [-0.15, -0.1) is 0 Å². The molecule has 1 radical (unpaired) electrons. The van der Waals surface area contributed by atoms with Gasteiger partial charge in [0.05, 0.1) is 5.56 Å². The van der Waals surface area contributed by atoms with E-state index in [0.29, 0.717) is 6.07 Å². The van der Waals surface area contributed by atoms with E-state index in [4.69, 9.17) is 15.9 Å². The van der Waals surface area contributed by atoms with Gasteiger partial charge in [0.25, 0.3) is 0 Å². The fourth-order valence-electron chi connectivity index (χ4n) is 1.58. The van der Waals surface area contributed by atoms with Crippen LogP contribution in [0.5, 0.6) is 5.75 Å². The van der Waals surface area contributed by atoms with Crippen molar-refractivity contribution in [1.82, 2.24) is 0 Å². The molecule has 4 N–H and O–H groups in total. The molecule has 5 nitrogen and oxygen atoms in total. The smallest absolute Gasteiger partial charge is 0.537 e. The van der Waals surface area contributed by atoms with Gasteiger partial charge in [0.1, 0.15) is 11.3 Å². The van der Waals surface area contributed by atoms with Gasteiger partial charge in [-0.25, -0.2) is 0 Å². The second-order valence-corrected chi connectivity index (χ2v) is 4.44. The van der Waals surface area contributed by atoms with Crippen LogP contribution in [0.3, 0.4) is 0 Å². The standard InChI is InChI=1S/C11H12BF3NO4/c1-10(16,9(17)18)5-6-2-3-7(20-12-19)4-8(6)11(13,14)15/h2-4,19H,5,16H2,1H3,(H,17,18)/t10-/m0/s1. The van der Waals surface area contributed by atoms with Crippen molar-refractivity contribution in [2.75, 3.05) is 0 Å². The predicted molar refractivity (Wildman–Crippen MR) is 64.0 cm³/mol. The molecule has 0 aliphatic rings. The Labute approximate surface area is 113 Å². The SMILES string of the molecule is C[C@](N)(Cc1ccc(O[B]O)cc1C(F)(F)F)C(=O)O. The quantitative estimate of drug-likeness (QED) is 0.702. The van der Waals surface area contributed by atoms with E-state index in [1.165, 1.54) is 6.07 Å². The Morgan fingerprint density at radius 3 is 2.50 bits per heavy atom. The molecule has 0 unspecified atom stereocenters. The Morgan fingerprint density at radius 2 is 2.05 bits per heavy atom. The minimum atomic E-state index is -4.70. The number of carbonyl (C=O) groups is 1. The molecular weight excluding hydrogens is 278 g/mol. The molecule has 0 aliphatic carbocycles. The Hall–Kier alpha value is -1.74. The molecule has 20 heavy (non-hydrogen) atoms. The summed E-state index contributed by atoms with van der Waals surface area (Å²) in [6.45, 7) is 1.13. The molecule has 1 aromatic rings. The van der Waals surface area contributed by atoms with Crippen molar-refractivity contribution in [2.45, 2.75) is 25.1 Å². The van der Waals surface area contributed by atoms with E-state index >= 15 is 0 Å². The summed E-state index contributed by atoms with van der Waals surface area (Å²) in [6, 6.07) is 2.91. The lowest BCUT2D eigenvalue weighted by Gasteiger charge is -2.22. The Morgan fingerprint density at radius 1 is 1.45 bits per heavy atom. The highest BCUT2D eigenvalue weighted by molar-refractivity contribution is 6.17. The molecule has 0 heterocycles. The van der Waals surface area contributed by atoms with Crippen LogP contribution in [0, 0.1) is 0 Å². The van der Waals surface area contributed by atoms with E-state index in [2.05, 4.69) is 4.65 Å². The molecule has 0 saturated heterocycles. The minimum Gasteiger partial charge on any atom is -0.537 e. The predicted octanol–water partition coefficient (Wildman–Crippen LogP) is 0.955. The number of carboxylic acid groups (broad SMARTS) is 1. The van der Waals surface area contributed by atoms with Crippen molar-refractivity contribution in [3.8, 4) is 5.75 Å². The first-order valence-corrected chi connectivity index (χ1v) is 5.43. The van der Waals surface area contributed by atoms with Crippen molar-refractivity contribution in [1.29, 1.82) is 0 Å². The normalized spacial score (nSPS) is 14.5. The number of carboxylic acids is 1. The molecule has 0 aromatic heterocycles. The van der Waals surface area contributed by atoms with Crippen LogP contribution in [0.1, 0.15) is 18.1 Å². The Balaban J connectivity index is 3.22. The number of hydrogen-bond donors (Lipinski definition) is 3. The summed E-state index contributed by atoms with van der Waals surface area (Å²) in [5, 5.41) is 17.3. The van der Waals surface area contributed by atoms with Gasteiger partial charge >= 0.3 is 19.8 Å². The van der Waals surface area contributed by atoms with Crippen molar-refractivity contribution in [3.63, 3.8) is 0 Å². The maximum absolute atomic E-state index is 12.9. The summed E-state index contributed by atoms with van der Waals surface area (Å²) in [6.07, 6.45) is -5.20. The summed E-state index contributed by atoms with van der Waals surface area (Å²) in [5.74, 6) is -1.63. The van der Waals surface area contributed by atoms with Gasteiger partial charge in [-0.3, -0.25) is 4.79 Å². The number of alkyl halides is 3. The van der Waals surface area contributed by atoms with Gasteiger partial charge < -0.3 is 20.5 Å². The first-order chi connectivity index (χ1) is 9.08. The van der Waals surface area contributed by atoms with E-state index in [1.54, 1.807) is 0 Å². The zero-order valence-electron chi connectivity index (χ0n) is 10.4. The third kappa shape index (κ3) is 3.88. The van der Waals surface area contributed by atoms with Gasteiger partial charge in [-0.2, -0.15) is 13.2 Å². The van der Waals surface area contributed by atoms with Crippen LogP contribution in [-0.2, 0) is 17.4 Å². The second kappa shape index (κ2) is 5.72. The van der Waals surface area contributed by atoms with Crippen LogP contribution < -0.4 is 10.4 Å². The minimum absolute atomic E-state index is 0.224. The van der Waals surface area contributed by atoms with E-state index in [-0.39, 0.29) is 19.0 Å². The summed E-state index contributed by atoms with van der Waals surface area (Å²) >= 11 is 0. The lowest BCUT2D eigenvalue weighted by Crippen LogP contribution is -2.47. The van der Waals surface area contributed by atoms with Crippen LogP contribution >= 0.6 is 0 Å². The van der Waals surface area contributed by atoms with E-state index in [1.807, 2.05) is 0 Å². The van der Waals surface area contributed by atoms with E-state index in [9.17, 15) is 18.0 Å². The fraction of sp³-hybridized carbons (Fsp3) is 0.364. The Kier molecular flexibility index (Phi) is 4.67. The highest BCUT2D eigenvalue weighted by Gasteiger charge is 2.37. The molecule has 0 spiro atoms. The molecular formula is C11H12BF3NO4. The number of rotatable bonds is 5. The van der Waals surface area contributed by atoms with E-state index in [0.717, 1.165) is 13.0 Å². The highest BCUT2D eigenvalue weighted by Crippen LogP contribution is 2.35. The summed E-state index contributed by atoms with van der Waals surface area (Å²) in [5.41, 5.74) is 2.30. The molecule has 0 fully saturated rings. The molecule has 109 valence electrons. The zero-order valence-corrected chi connectivity index (χ0v) is 10.4. The first kappa shape index (κ1) is 16.3. The monoisotopic (exact) mass is 290 g/mol. The maximum atomic E-state index is 12.9. The number of halogens is 3. The number of aliphatic carboxylic acids is 1. The third-order valence-electron chi connectivity index (χ3n) is 2.62. The van der Waals surface area contributed by atoms with Crippen LogP contribution in [0.4, 0.5) is 13.2 Å². The molecule has 1 rings (SSSR count). The highest BCUT2D eigenvalue weighted by atomic mass is 19.4. The second-order valence-electron chi connectivity index (χ2n) is 4.44. The van der Waals surface area contributed by atoms with Gasteiger partial charge in [0.2, 0.25) is 0 Å². The third-order valence-corrected chi connectivity index (χ3v) is 2.62. The summed E-state index contributed by atoms with van der Waals surface area (Å²) in [7, 11) is 0.249. The van der Waals surface area contributed by atoms with Gasteiger partial charge in [0, 0.05) is 6.42 Å². The van der Waals surface area contributed by atoms with Crippen LogP contribution in [0.15, 0.2) is 18.2 Å². The molecule has 0 amide bonds. The van der Waals surface area contributed by atoms with Crippen LogP contribution in [0.2, 0.25) is 0 Å². The number of hydrogen-bond acceptors (Lipinski definition) is 4. The fourth-order valence-corrected chi connectivity index (χ4v) is 1.58. The molecule has 0 bridgehead atoms. The summed E-state index contributed by atoms with van der Waals surface area (Å²) in [4.78, 5) is 10.9. The van der Waals surface area contributed by atoms with Gasteiger partial charge in [0.15, 0.2) is 0 Å². The van der Waals surface area contributed by atoms with Crippen molar-refractivity contribution in [3.05, 3.63) is 29.3 Å². The topological polar surface area (TPSA) is 92.8 Å². The lowest BCUT2D eigenvalue weighted by atomic mass is 9.91. The molecule has 1 atom stereocenters. The van der Waals surface area contributed by atoms with Gasteiger partial charge in [-0.1, -0.05) is 6.07 Å². The van der Waals surface area contributed by atoms with E-state index < -0.39 is 29.7 Å². The molecule has 0 aliphatic heterocycles. The Bertz CT molecular complexity index is 505. The molecule has 1 aromatic carbocycles. The average Bonchev–Trinajstić information content (AvgIpc) is 2.29. The largest absolute Gasteiger partial charge is 0.569 e. The van der Waals surface area contributed by atoms with Gasteiger partial charge in [-0.05, 0) is 24.6 Å². The summed E-state index contributed by atoms with van der Waals surface area (Å²) < 4.78 is 43.2. The van der Waals surface area contributed by atoms with Crippen molar-refractivity contribution >= 4 is 13.7 Å². The molecule has 0 saturated carbocycles. The number of nitrogens with two attached hydrogens (primary N) is 1. The van der Waals surface area contributed by atoms with Crippen LogP contribution in [-0.4, -0.2) is 29.3 Å². The lowest BCUT2D eigenvalue weighted by molar-refractivity contribution is -0.144. The number of benzene rings is 1. The zero-order chi connectivity index (χ0) is 15.6. The van der Waals surface area contributed by atoms with Crippen molar-refractivity contribution in [2.24, 2.45) is 5.73 Å². The average molecular weight is 290 g/mol. The first-order valence-electron chi connectivity index (χ1n) is 5.43. The van der Waals surface area contributed by atoms with Crippen LogP contribution in [0.25, 0.3) is 0 Å².